The van der Waals surface area contributed by atoms with Gasteiger partial charge in [0.05, 0.1) is 11.7 Å². The highest BCUT2D eigenvalue weighted by Gasteiger charge is 2.33. The number of hydrogen-bond acceptors (Lipinski definition) is 5. The molecule has 4 heterocycles. The van der Waals surface area contributed by atoms with Crippen LogP contribution in [-0.4, -0.2) is 70.7 Å². The van der Waals surface area contributed by atoms with Gasteiger partial charge in [0.15, 0.2) is 0 Å². The number of rotatable bonds is 4. The number of pyridine rings is 1. The maximum atomic E-state index is 13.2. The van der Waals surface area contributed by atoms with Gasteiger partial charge in [-0.1, -0.05) is 13.8 Å². The van der Waals surface area contributed by atoms with E-state index in [-0.39, 0.29) is 11.9 Å². The van der Waals surface area contributed by atoms with Crippen LogP contribution in [0.4, 0.5) is 5.69 Å². The molecule has 1 N–H and O–H groups in total. The molecule has 7 heteroatoms. The van der Waals surface area contributed by atoms with Crippen molar-refractivity contribution >= 4 is 11.6 Å². The molecule has 2 aliphatic heterocycles. The van der Waals surface area contributed by atoms with Gasteiger partial charge in [0, 0.05) is 49.8 Å². The second-order valence-corrected chi connectivity index (χ2v) is 8.70. The molecule has 2 aliphatic rings. The Morgan fingerprint density at radius 2 is 1.90 bits per heavy atom. The van der Waals surface area contributed by atoms with E-state index in [4.69, 9.17) is 4.98 Å². The molecule has 0 aromatic carbocycles. The van der Waals surface area contributed by atoms with Crippen LogP contribution in [0.1, 0.15) is 66.2 Å². The molecule has 7 nitrogen and oxygen atoms in total. The summed E-state index contributed by atoms with van der Waals surface area (Å²) in [4.78, 5) is 24.7. The molecule has 2 aromatic heterocycles. The van der Waals surface area contributed by atoms with Crippen molar-refractivity contribution in [2.75, 3.05) is 44.7 Å². The number of H-pyrrole nitrogens is 1. The number of likely N-dealkylation sites (tertiary alicyclic amines) is 1. The van der Waals surface area contributed by atoms with Crippen molar-refractivity contribution in [3.63, 3.8) is 0 Å². The fourth-order valence-corrected chi connectivity index (χ4v) is 4.30. The highest BCUT2D eigenvalue weighted by atomic mass is 16.2. The smallest absolute Gasteiger partial charge is 0.274 e. The lowest BCUT2D eigenvalue weighted by molar-refractivity contribution is 0.0726. The lowest BCUT2D eigenvalue weighted by atomic mass is 10.1. The molecule has 2 aromatic rings. The van der Waals surface area contributed by atoms with E-state index >= 15 is 0 Å². The summed E-state index contributed by atoms with van der Waals surface area (Å²) in [5, 5.41) is 7.28. The SMILES string of the molecule is Cc1cc(N2CCN(C)CC2)cc(C2CCCN2C(=O)c2cc(C(C)C)[nH]n2)n1. The Labute approximate surface area is 173 Å². The van der Waals surface area contributed by atoms with E-state index in [9.17, 15) is 4.79 Å². The Morgan fingerprint density at radius 3 is 2.59 bits per heavy atom. The topological polar surface area (TPSA) is 68.4 Å². The van der Waals surface area contributed by atoms with Crippen molar-refractivity contribution in [3.8, 4) is 0 Å². The first-order valence-electron chi connectivity index (χ1n) is 10.7. The zero-order valence-electron chi connectivity index (χ0n) is 18.0. The number of amides is 1. The predicted molar refractivity (Wildman–Crippen MR) is 114 cm³/mol. The summed E-state index contributed by atoms with van der Waals surface area (Å²) in [6, 6.07) is 6.27. The number of hydrogen-bond donors (Lipinski definition) is 1. The monoisotopic (exact) mass is 396 g/mol. The van der Waals surface area contributed by atoms with Gasteiger partial charge in [-0.15, -0.1) is 0 Å². The van der Waals surface area contributed by atoms with Crippen molar-refractivity contribution in [2.24, 2.45) is 0 Å². The van der Waals surface area contributed by atoms with E-state index in [2.05, 4.69) is 53.0 Å². The number of carbonyl (C=O) groups is 1. The number of anilines is 1. The Balaban J connectivity index is 1.57. The van der Waals surface area contributed by atoms with Crippen LogP contribution in [-0.2, 0) is 0 Å². The normalized spacial score (nSPS) is 20.7. The quantitative estimate of drug-likeness (QED) is 0.861. The summed E-state index contributed by atoms with van der Waals surface area (Å²) in [6.07, 6.45) is 1.95. The molecule has 29 heavy (non-hydrogen) atoms. The predicted octanol–water partition coefficient (Wildman–Crippen LogP) is 2.97. The van der Waals surface area contributed by atoms with Gasteiger partial charge < -0.3 is 14.7 Å². The van der Waals surface area contributed by atoms with E-state index in [1.165, 1.54) is 5.69 Å². The minimum atomic E-state index is 0.0000958. The van der Waals surface area contributed by atoms with Crippen LogP contribution in [0.25, 0.3) is 0 Å². The van der Waals surface area contributed by atoms with E-state index in [1.807, 2.05) is 17.9 Å². The summed E-state index contributed by atoms with van der Waals surface area (Å²) < 4.78 is 0. The fraction of sp³-hybridized carbons (Fsp3) is 0.591. The molecule has 0 radical (unpaired) electrons. The minimum Gasteiger partial charge on any atom is -0.369 e. The number of likely N-dealkylation sites (N-methyl/N-ethyl adjacent to an activating group) is 1. The van der Waals surface area contributed by atoms with Gasteiger partial charge in [-0.2, -0.15) is 5.10 Å². The van der Waals surface area contributed by atoms with E-state index in [0.717, 1.165) is 62.6 Å². The lowest BCUT2D eigenvalue weighted by Gasteiger charge is -2.34. The van der Waals surface area contributed by atoms with Crippen molar-refractivity contribution < 1.29 is 4.79 Å². The van der Waals surface area contributed by atoms with Crippen molar-refractivity contribution in [2.45, 2.75) is 45.6 Å². The zero-order chi connectivity index (χ0) is 20.5. The van der Waals surface area contributed by atoms with Gasteiger partial charge in [-0.25, -0.2) is 0 Å². The van der Waals surface area contributed by atoms with Crippen molar-refractivity contribution in [3.05, 3.63) is 41.0 Å². The second-order valence-electron chi connectivity index (χ2n) is 8.70. The Hall–Kier alpha value is -2.41. The third-order valence-corrected chi connectivity index (χ3v) is 6.12. The van der Waals surface area contributed by atoms with Crippen molar-refractivity contribution in [1.82, 2.24) is 25.0 Å². The summed E-state index contributed by atoms with van der Waals surface area (Å²) in [6.45, 7) is 11.2. The largest absolute Gasteiger partial charge is 0.369 e. The van der Waals surface area contributed by atoms with Crippen LogP contribution in [0.5, 0.6) is 0 Å². The number of aryl methyl sites for hydroxylation is 1. The standard InChI is InChI=1S/C22H32N6O/c1-15(2)18-14-20(25-24-18)22(29)28-7-5-6-21(28)19-13-17(12-16(3)23-19)27-10-8-26(4)9-11-27/h12-15,21H,5-11H2,1-4H3,(H,24,25). The third-order valence-electron chi connectivity index (χ3n) is 6.12. The van der Waals surface area contributed by atoms with Gasteiger partial charge in [-0.05, 0) is 50.9 Å². The van der Waals surface area contributed by atoms with Crippen LogP contribution in [0.2, 0.25) is 0 Å². The van der Waals surface area contributed by atoms with Gasteiger partial charge in [0.25, 0.3) is 5.91 Å². The van der Waals surface area contributed by atoms with E-state index in [0.29, 0.717) is 11.6 Å². The van der Waals surface area contributed by atoms with Crippen LogP contribution >= 0.6 is 0 Å². The van der Waals surface area contributed by atoms with Crippen molar-refractivity contribution in [1.29, 1.82) is 0 Å². The lowest BCUT2D eigenvalue weighted by Crippen LogP contribution is -2.44. The first kappa shape index (κ1) is 19.9. The molecule has 4 rings (SSSR count). The average Bonchev–Trinajstić information content (AvgIpc) is 3.37. The molecule has 0 aliphatic carbocycles. The van der Waals surface area contributed by atoms with Crippen LogP contribution in [0.15, 0.2) is 18.2 Å². The summed E-state index contributed by atoms with van der Waals surface area (Å²) in [7, 11) is 2.17. The summed E-state index contributed by atoms with van der Waals surface area (Å²) in [5.41, 5.74) is 4.74. The zero-order valence-corrected chi connectivity index (χ0v) is 18.0. The molecule has 2 saturated heterocycles. The number of piperazine rings is 1. The van der Waals surface area contributed by atoms with Gasteiger partial charge >= 0.3 is 0 Å². The van der Waals surface area contributed by atoms with E-state index in [1.54, 1.807) is 0 Å². The molecule has 0 bridgehead atoms. The summed E-state index contributed by atoms with van der Waals surface area (Å²) in [5.74, 6) is 0.322. The number of carbonyl (C=O) groups excluding carboxylic acids is 1. The molecule has 1 amide bonds. The van der Waals surface area contributed by atoms with Crippen LogP contribution < -0.4 is 4.90 Å². The van der Waals surface area contributed by atoms with Gasteiger partial charge in [-0.3, -0.25) is 14.9 Å². The number of nitrogens with one attached hydrogen (secondary N) is 1. The Kier molecular flexibility index (Phi) is 5.58. The van der Waals surface area contributed by atoms with Gasteiger partial charge in [0.2, 0.25) is 0 Å². The maximum absolute atomic E-state index is 13.2. The molecule has 0 spiro atoms. The highest BCUT2D eigenvalue weighted by molar-refractivity contribution is 5.93. The van der Waals surface area contributed by atoms with E-state index < -0.39 is 0 Å². The third kappa shape index (κ3) is 4.15. The second kappa shape index (κ2) is 8.14. The summed E-state index contributed by atoms with van der Waals surface area (Å²) >= 11 is 0. The molecule has 1 atom stereocenters. The molecular formula is C22H32N6O. The first-order valence-corrected chi connectivity index (χ1v) is 10.7. The molecular weight excluding hydrogens is 364 g/mol. The fourth-order valence-electron chi connectivity index (χ4n) is 4.30. The highest BCUT2D eigenvalue weighted by Crippen LogP contribution is 2.34. The molecule has 2 fully saturated rings. The minimum absolute atomic E-state index is 0.0000958. The number of aromatic nitrogens is 3. The van der Waals surface area contributed by atoms with Crippen LogP contribution in [0, 0.1) is 6.92 Å². The Bertz CT molecular complexity index is 868. The molecule has 0 saturated carbocycles. The number of nitrogens with zero attached hydrogens (tertiary/aromatic N) is 5. The molecule has 156 valence electrons. The number of aromatic amines is 1. The average molecular weight is 397 g/mol. The first-order chi connectivity index (χ1) is 13.9. The maximum Gasteiger partial charge on any atom is 0.274 e. The van der Waals surface area contributed by atoms with Gasteiger partial charge in [0.1, 0.15) is 5.69 Å². The Morgan fingerprint density at radius 1 is 1.14 bits per heavy atom. The molecule has 1 unspecified atom stereocenters. The van der Waals surface area contributed by atoms with Crippen LogP contribution in [0.3, 0.4) is 0 Å².